The number of halogens is 2. The fourth-order valence-corrected chi connectivity index (χ4v) is 2.46. The van der Waals surface area contributed by atoms with Crippen molar-refractivity contribution in [3.05, 3.63) is 52.5 Å². The maximum atomic E-state index is 12.1. The normalized spacial score (nSPS) is 10.5. The second kappa shape index (κ2) is 8.81. The number of hydrogen-bond donors (Lipinski definition) is 2. The average molecular weight is 367 g/mol. The quantitative estimate of drug-likeness (QED) is 0.705. The van der Waals surface area contributed by atoms with Crippen LogP contribution in [0.2, 0.25) is 10.0 Å². The number of ether oxygens (including phenoxy) is 1. The van der Waals surface area contributed by atoms with E-state index in [4.69, 9.17) is 27.9 Å². The van der Waals surface area contributed by atoms with Gasteiger partial charge in [0.1, 0.15) is 5.75 Å². The fourth-order valence-electron chi connectivity index (χ4n) is 2.09. The Kier molecular flexibility index (Phi) is 6.76. The summed E-state index contributed by atoms with van der Waals surface area (Å²) in [5.74, 6) is 0.548. The van der Waals surface area contributed by atoms with Crippen LogP contribution in [0.25, 0.3) is 0 Å². The molecule has 0 bridgehead atoms. The molecule has 128 valence electrons. The standard InChI is InChI=1S/C18H20Cl2N2O2/c1-12(2)24-16-9-4-3-7-14(16)22-17(23)10-11-21-15-8-5-6-13(19)18(15)20/h3-9,12,21H,10-11H2,1-2H3,(H,22,23). The molecule has 24 heavy (non-hydrogen) atoms. The van der Waals surface area contributed by atoms with Crippen LogP contribution in [0.1, 0.15) is 20.3 Å². The van der Waals surface area contributed by atoms with Crippen molar-refractivity contribution < 1.29 is 9.53 Å². The van der Waals surface area contributed by atoms with Crippen molar-refractivity contribution in [2.45, 2.75) is 26.4 Å². The van der Waals surface area contributed by atoms with Crippen LogP contribution in [0, 0.1) is 0 Å². The zero-order valence-corrected chi connectivity index (χ0v) is 15.1. The van der Waals surface area contributed by atoms with Crippen LogP contribution in [-0.2, 0) is 4.79 Å². The third-order valence-corrected chi connectivity index (χ3v) is 3.96. The maximum absolute atomic E-state index is 12.1. The van der Waals surface area contributed by atoms with Gasteiger partial charge in [-0.25, -0.2) is 0 Å². The summed E-state index contributed by atoms with van der Waals surface area (Å²) in [5, 5.41) is 6.91. The van der Waals surface area contributed by atoms with E-state index in [0.29, 0.717) is 40.1 Å². The van der Waals surface area contributed by atoms with Gasteiger partial charge in [0, 0.05) is 13.0 Å². The molecule has 0 spiro atoms. The number of nitrogens with one attached hydrogen (secondary N) is 2. The van der Waals surface area contributed by atoms with Gasteiger partial charge in [-0.15, -0.1) is 0 Å². The van der Waals surface area contributed by atoms with Crippen LogP contribution in [-0.4, -0.2) is 18.6 Å². The highest BCUT2D eigenvalue weighted by molar-refractivity contribution is 6.43. The first-order valence-corrected chi connectivity index (χ1v) is 8.46. The predicted octanol–water partition coefficient (Wildman–Crippen LogP) is 5.22. The first-order valence-electron chi connectivity index (χ1n) is 7.71. The number of para-hydroxylation sites is 2. The number of anilines is 2. The second-order valence-electron chi connectivity index (χ2n) is 5.49. The number of hydrogen-bond acceptors (Lipinski definition) is 3. The highest BCUT2D eigenvalue weighted by Gasteiger charge is 2.09. The lowest BCUT2D eigenvalue weighted by Gasteiger charge is -2.15. The van der Waals surface area contributed by atoms with Crippen LogP contribution in [0.3, 0.4) is 0 Å². The fraction of sp³-hybridized carbons (Fsp3) is 0.278. The molecule has 0 saturated carbocycles. The van der Waals surface area contributed by atoms with Crippen LogP contribution in [0.15, 0.2) is 42.5 Å². The maximum Gasteiger partial charge on any atom is 0.226 e. The first kappa shape index (κ1) is 18.4. The van der Waals surface area contributed by atoms with Crippen molar-refractivity contribution in [2.75, 3.05) is 17.2 Å². The summed E-state index contributed by atoms with van der Waals surface area (Å²) in [6, 6.07) is 12.7. The van der Waals surface area contributed by atoms with E-state index in [0.717, 1.165) is 0 Å². The van der Waals surface area contributed by atoms with Crippen molar-refractivity contribution in [3.63, 3.8) is 0 Å². The van der Waals surface area contributed by atoms with E-state index in [1.54, 1.807) is 12.1 Å². The van der Waals surface area contributed by atoms with E-state index < -0.39 is 0 Å². The number of carbonyl (C=O) groups excluding carboxylic acids is 1. The smallest absolute Gasteiger partial charge is 0.226 e. The van der Waals surface area contributed by atoms with Crippen molar-refractivity contribution in [3.8, 4) is 5.75 Å². The third kappa shape index (κ3) is 5.32. The molecule has 0 fully saturated rings. The summed E-state index contributed by atoms with van der Waals surface area (Å²) in [6.07, 6.45) is 0.327. The Morgan fingerprint density at radius 2 is 1.79 bits per heavy atom. The van der Waals surface area contributed by atoms with Gasteiger partial charge >= 0.3 is 0 Å². The topological polar surface area (TPSA) is 50.4 Å². The molecule has 2 aromatic rings. The number of carbonyl (C=O) groups is 1. The number of rotatable bonds is 7. The lowest BCUT2D eigenvalue weighted by atomic mass is 10.2. The van der Waals surface area contributed by atoms with Gasteiger partial charge in [0.25, 0.3) is 0 Å². The lowest BCUT2D eigenvalue weighted by molar-refractivity contribution is -0.116. The highest BCUT2D eigenvalue weighted by atomic mass is 35.5. The summed E-state index contributed by atoms with van der Waals surface area (Å²) < 4.78 is 5.69. The number of amides is 1. The molecule has 0 atom stereocenters. The van der Waals surface area contributed by atoms with Gasteiger partial charge in [0.05, 0.1) is 27.5 Å². The largest absolute Gasteiger partial charge is 0.489 e. The predicted molar refractivity (Wildman–Crippen MR) is 100 cm³/mol. The molecular weight excluding hydrogens is 347 g/mol. The molecule has 0 aromatic heterocycles. The molecule has 1 amide bonds. The van der Waals surface area contributed by atoms with Crippen LogP contribution >= 0.6 is 23.2 Å². The van der Waals surface area contributed by atoms with Gasteiger partial charge in [0.15, 0.2) is 0 Å². The zero-order valence-electron chi connectivity index (χ0n) is 13.6. The van der Waals surface area contributed by atoms with Gasteiger partial charge in [-0.1, -0.05) is 41.4 Å². The zero-order chi connectivity index (χ0) is 17.5. The Morgan fingerprint density at radius 1 is 1.08 bits per heavy atom. The molecule has 2 rings (SSSR count). The Labute approximate surface area is 152 Å². The molecule has 0 unspecified atom stereocenters. The van der Waals surface area contributed by atoms with Gasteiger partial charge in [-0.2, -0.15) is 0 Å². The Hall–Kier alpha value is -1.91. The SMILES string of the molecule is CC(C)Oc1ccccc1NC(=O)CCNc1cccc(Cl)c1Cl. The molecular formula is C18H20Cl2N2O2. The van der Waals surface area contributed by atoms with E-state index in [2.05, 4.69) is 10.6 Å². The molecule has 4 nitrogen and oxygen atoms in total. The molecule has 6 heteroatoms. The van der Waals surface area contributed by atoms with E-state index in [-0.39, 0.29) is 12.0 Å². The van der Waals surface area contributed by atoms with Gasteiger partial charge in [-0.3, -0.25) is 4.79 Å². The van der Waals surface area contributed by atoms with E-state index in [1.807, 2.05) is 44.2 Å². The Morgan fingerprint density at radius 3 is 2.54 bits per heavy atom. The van der Waals surface area contributed by atoms with Crippen molar-refractivity contribution >= 4 is 40.5 Å². The third-order valence-electron chi connectivity index (χ3n) is 3.14. The van der Waals surface area contributed by atoms with E-state index in [1.165, 1.54) is 0 Å². The van der Waals surface area contributed by atoms with Crippen molar-refractivity contribution in [1.82, 2.24) is 0 Å². The van der Waals surface area contributed by atoms with Crippen molar-refractivity contribution in [2.24, 2.45) is 0 Å². The minimum absolute atomic E-state index is 0.0367. The van der Waals surface area contributed by atoms with Crippen LogP contribution < -0.4 is 15.4 Å². The summed E-state index contributed by atoms with van der Waals surface area (Å²) in [5.41, 5.74) is 1.37. The average Bonchev–Trinajstić information content (AvgIpc) is 2.53. The summed E-state index contributed by atoms with van der Waals surface area (Å²) >= 11 is 12.1. The first-order chi connectivity index (χ1) is 11.5. The molecule has 0 aliphatic rings. The Balaban J connectivity index is 1.89. The lowest BCUT2D eigenvalue weighted by Crippen LogP contribution is -2.17. The second-order valence-corrected chi connectivity index (χ2v) is 6.27. The Bertz CT molecular complexity index is 705. The summed E-state index contributed by atoms with van der Waals surface area (Å²) in [6.45, 7) is 4.33. The highest BCUT2D eigenvalue weighted by Crippen LogP contribution is 2.29. The van der Waals surface area contributed by atoms with Gasteiger partial charge < -0.3 is 15.4 Å². The molecule has 0 heterocycles. The molecule has 0 radical (unpaired) electrons. The minimum atomic E-state index is -0.111. The van der Waals surface area contributed by atoms with Crippen LogP contribution in [0.5, 0.6) is 5.75 Å². The monoisotopic (exact) mass is 366 g/mol. The summed E-state index contributed by atoms with van der Waals surface area (Å²) in [7, 11) is 0. The molecule has 2 aromatic carbocycles. The van der Waals surface area contributed by atoms with E-state index >= 15 is 0 Å². The minimum Gasteiger partial charge on any atom is -0.489 e. The van der Waals surface area contributed by atoms with E-state index in [9.17, 15) is 4.79 Å². The molecule has 0 aliphatic heterocycles. The van der Waals surface area contributed by atoms with Crippen LogP contribution in [0.4, 0.5) is 11.4 Å². The summed E-state index contributed by atoms with van der Waals surface area (Å²) in [4.78, 5) is 12.1. The van der Waals surface area contributed by atoms with Gasteiger partial charge in [-0.05, 0) is 38.1 Å². The van der Waals surface area contributed by atoms with Crippen molar-refractivity contribution in [1.29, 1.82) is 0 Å². The molecule has 0 aliphatic carbocycles. The molecule has 2 N–H and O–H groups in total. The molecule has 0 saturated heterocycles. The number of benzene rings is 2. The van der Waals surface area contributed by atoms with Gasteiger partial charge in [0.2, 0.25) is 5.91 Å².